The fraction of sp³-hybridized carbons (Fsp3) is 0.423. The van der Waals surface area contributed by atoms with Crippen molar-refractivity contribution in [3.05, 3.63) is 59.0 Å². The second kappa shape index (κ2) is 9.25. The molecule has 3 aromatic rings. The first-order valence-corrected chi connectivity index (χ1v) is 14.7. The molecule has 0 bridgehead atoms. The zero-order valence-electron chi connectivity index (χ0n) is 20.7. The Kier molecular flexibility index (Phi) is 6.12. The van der Waals surface area contributed by atoms with Crippen molar-refractivity contribution in [2.45, 2.75) is 37.8 Å². The van der Waals surface area contributed by atoms with Gasteiger partial charge < -0.3 is 19.5 Å². The monoisotopic (exact) mass is 557 g/mol. The number of amides is 2. The molecule has 2 fully saturated rings. The van der Waals surface area contributed by atoms with E-state index in [4.69, 9.17) is 16.7 Å². The van der Waals surface area contributed by atoms with Crippen LogP contribution in [-0.4, -0.2) is 76.2 Å². The molecule has 1 saturated carbocycles. The van der Waals surface area contributed by atoms with Crippen molar-refractivity contribution < 1.29 is 23.1 Å². The smallest absolute Gasteiger partial charge is 0.407 e. The van der Waals surface area contributed by atoms with Gasteiger partial charge in [-0.05, 0) is 55.2 Å². The lowest BCUT2D eigenvalue weighted by Gasteiger charge is -2.32. The van der Waals surface area contributed by atoms with Crippen molar-refractivity contribution in [3.8, 4) is 0 Å². The lowest BCUT2D eigenvalue weighted by atomic mass is 9.99. The molecule has 0 unspecified atom stereocenters. The quantitative estimate of drug-likeness (QED) is 0.476. The molecule has 1 saturated heterocycles. The maximum absolute atomic E-state index is 13.5. The van der Waals surface area contributed by atoms with Crippen LogP contribution >= 0.6 is 11.6 Å². The third-order valence-corrected chi connectivity index (χ3v) is 10.2. The normalized spacial score (nSPS) is 18.9. The highest BCUT2D eigenvalue weighted by molar-refractivity contribution is 7.89. The molecule has 10 nitrogen and oxygen atoms in total. The molecule has 6 rings (SSSR count). The number of nitrogens with zero attached hydrogens (tertiary/aromatic N) is 5. The van der Waals surface area contributed by atoms with Crippen LogP contribution in [0.15, 0.2) is 42.7 Å². The van der Waals surface area contributed by atoms with Gasteiger partial charge in [-0.2, -0.15) is 4.31 Å². The highest BCUT2D eigenvalue weighted by Gasteiger charge is 2.59. The van der Waals surface area contributed by atoms with E-state index in [2.05, 4.69) is 9.55 Å². The van der Waals surface area contributed by atoms with Gasteiger partial charge in [-0.15, -0.1) is 0 Å². The maximum Gasteiger partial charge on any atom is 0.407 e. The summed E-state index contributed by atoms with van der Waals surface area (Å²) < 4.78 is 29.4. The number of benzene rings is 1. The highest BCUT2D eigenvalue weighted by atomic mass is 35.5. The third kappa shape index (κ3) is 4.22. The number of carboxylic acid groups (broad SMARTS) is 1. The van der Waals surface area contributed by atoms with Crippen LogP contribution in [0.5, 0.6) is 0 Å². The first-order chi connectivity index (χ1) is 18.2. The summed E-state index contributed by atoms with van der Waals surface area (Å²) in [6, 6.07) is 9.56. The first kappa shape index (κ1) is 25.1. The van der Waals surface area contributed by atoms with Gasteiger partial charge in [0.05, 0.1) is 29.6 Å². The molecule has 4 heterocycles. The van der Waals surface area contributed by atoms with Crippen molar-refractivity contribution >= 4 is 50.2 Å². The minimum absolute atomic E-state index is 0.0503. The van der Waals surface area contributed by atoms with Crippen LogP contribution in [-0.2, 0) is 33.3 Å². The Hall–Kier alpha value is -3.15. The van der Waals surface area contributed by atoms with Gasteiger partial charge in [0, 0.05) is 60.5 Å². The standard InChI is InChI=1S/C26H28ClN5O5S/c27-19-2-3-22-18(14-19)15-20(17-32-23-16-28-7-4-21(23)26(5-6-26)24(32)33)31(22)8-1-13-38(36,37)30-11-9-29(10-12-30)25(34)35/h2-4,7,14-16H,1,5-6,8-13,17H2,(H,34,35). The fourth-order valence-electron chi connectivity index (χ4n) is 5.80. The van der Waals surface area contributed by atoms with Crippen molar-refractivity contribution in [3.63, 3.8) is 0 Å². The molecule has 2 aromatic heterocycles. The van der Waals surface area contributed by atoms with Crippen LogP contribution in [0, 0.1) is 0 Å². The van der Waals surface area contributed by atoms with E-state index >= 15 is 0 Å². The van der Waals surface area contributed by atoms with Crippen molar-refractivity contribution in [1.82, 2.24) is 18.8 Å². The van der Waals surface area contributed by atoms with E-state index in [0.717, 1.165) is 40.7 Å². The summed E-state index contributed by atoms with van der Waals surface area (Å²) in [6.45, 7) is 1.47. The average Bonchev–Trinajstić information content (AvgIpc) is 3.60. The molecule has 1 aliphatic carbocycles. The predicted molar refractivity (Wildman–Crippen MR) is 143 cm³/mol. The topological polar surface area (TPSA) is 116 Å². The molecule has 0 radical (unpaired) electrons. The molecule has 2 amide bonds. The van der Waals surface area contributed by atoms with Crippen LogP contribution < -0.4 is 4.90 Å². The summed E-state index contributed by atoms with van der Waals surface area (Å²) in [4.78, 5) is 31.9. The molecular formula is C26H28ClN5O5S. The minimum atomic E-state index is -3.53. The van der Waals surface area contributed by atoms with E-state index in [1.165, 1.54) is 9.21 Å². The molecular weight excluding hydrogens is 530 g/mol. The summed E-state index contributed by atoms with van der Waals surface area (Å²) in [7, 11) is -3.53. The maximum atomic E-state index is 13.5. The van der Waals surface area contributed by atoms with Crippen LogP contribution in [0.2, 0.25) is 5.02 Å². The summed E-state index contributed by atoms with van der Waals surface area (Å²) in [5.74, 6) is 0.0454. The summed E-state index contributed by atoms with van der Waals surface area (Å²) in [6.07, 6.45) is 4.51. The lowest BCUT2D eigenvalue weighted by molar-refractivity contribution is -0.120. The third-order valence-electron chi connectivity index (χ3n) is 7.97. The Morgan fingerprint density at radius 3 is 2.58 bits per heavy atom. The predicted octanol–water partition coefficient (Wildman–Crippen LogP) is 3.28. The number of fused-ring (bicyclic) bond motifs is 3. The average molecular weight is 558 g/mol. The Bertz CT molecular complexity index is 1540. The van der Waals surface area contributed by atoms with Crippen molar-refractivity contribution in [2.24, 2.45) is 0 Å². The Labute approximate surface area is 225 Å². The van der Waals surface area contributed by atoms with E-state index in [1.54, 1.807) is 17.3 Å². The van der Waals surface area contributed by atoms with Gasteiger partial charge in [-0.25, -0.2) is 13.2 Å². The number of carbonyl (C=O) groups excluding carboxylic acids is 1. The van der Waals surface area contributed by atoms with Crippen LogP contribution in [0.25, 0.3) is 10.9 Å². The van der Waals surface area contributed by atoms with Crippen LogP contribution in [0.4, 0.5) is 10.5 Å². The van der Waals surface area contributed by atoms with Gasteiger partial charge in [0.2, 0.25) is 15.9 Å². The SMILES string of the molecule is O=C(O)N1CCN(S(=O)(=O)CCCn2c(CN3C(=O)C4(CC4)c4ccncc43)cc3cc(Cl)ccc32)CC1. The highest BCUT2D eigenvalue weighted by Crippen LogP contribution is 2.57. The van der Waals surface area contributed by atoms with E-state index in [9.17, 15) is 18.0 Å². The van der Waals surface area contributed by atoms with E-state index in [0.29, 0.717) is 24.5 Å². The first-order valence-electron chi connectivity index (χ1n) is 12.7. The number of aryl methyl sites for hydroxylation is 1. The van der Waals surface area contributed by atoms with E-state index in [-0.39, 0.29) is 37.8 Å². The summed E-state index contributed by atoms with van der Waals surface area (Å²) in [5.41, 5.74) is 3.29. The largest absolute Gasteiger partial charge is 0.465 e. The Morgan fingerprint density at radius 2 is 1.87 bits per heavy atom. The number of hydrogen-bond donors (Lipinski definition) is 1. The second-order valence-corrected chi connectivity index (χ2v) is 12.7. The Morgan fingerprint density at radius 1 is 1.11 bits per heavy atom. The number of rotatable bonds is 7. The van der Waals surface area contributed by atoms with Crippen LogP contribution in [0.1, 0.15) is 30.5 Å². The van der Waals surface area contributed by atoms with Gasteiger partial charge in [-0.1, -0.05) is 11.6 Å². The number of anilines is 1. The zero-order chi connectivity index (χ0) is 26.7. The lowest BCUT2D eigenvalue weighted by Crippen LogP contribution is -2.50. The molecule has 2 aliphatic heterocycles. The molecule has 1 aromatic carbocycles. The van der Waals surface area contributed by atoms with Gasteiger partial charge in [-0.3, -0.25) is 9.78 Å². The fourth-order valence-corrected chi connectivity index (χ4v) is 7.45. The molecule has 200 valence electrons. The van der Waals surface area contributed by atoms with Gasteiger partial charge in [0.1, 0.15) is 0 Å². The number of aromatic nitrogens is 2. The Balaban J connectivity index is 1.22. The number of pyridine rings is 1. The van der Waals surface area contributed by atoms with Gasteiger partial charge >= 0.3 is 6.09 Å². The molecule has 3 aliphatic rings. The van der Waals surface area contributed by atoms with Gasteiger partial charge in [0.15, 0.2) is 0 Å². The molecule has 38 heavy (non-hydrogen) atoms. The molecule has 12 heteroatoms. The minimum Gasteiger partial charge on any atom is -0.465 e. The van der Waals surface area contributed by atoms with Crippen LogP contribution in [0.3, 0.4) is 0 Å². The number of halogens is 1. The number of hydrogen-bond acceptors (Lipinski definition) is 5. The summed E-state index contributed by atoms with van der Waals surface area (Å²) in [5, 5.41) is 10.7. The van der Waals surface area contributed by atoms with E-state index < -0.39 is 21.5 Å². The van der Waals surface area contributed by atoms with Crippen molar-refractivity contribution in [2.75, 3.05) is 36.8 Å². The van der Waals surface area contributed by atoms with Crippen molar-refractivity contribution in [1.29, 1.82) is 0 Å². The number of carbonyl (C=O) groups is 2. The number of piperazine rings is 1. The zero-order valence-corrected chi connectivity index (χ0v) is 22.3. The summed E-state index contributed by atoms with van der Waals surface area (Å²) >= 11 is 6.26. The molecule has 1 N–H and O–H groups in total. The molecule has 1 spiro atoms. The second-order valence-electron chi connectivity index (χ2n) is 10.2. The molecule has 0 atom stereocenters. The van der Waals surface area contributed by atoms with Gasteiger partial charge in [0.25, 0.3) is 0 Å². The van der Waals surface area contributed by atoms with E-state index in [1.807, 2.05) is 30.3 Å². The number of sulfonamides is 1.